The number of quaternary nitrogens is 2. The van der Waals surface area contributed by atoms with Gasteiger partial charge in [0.05, 0.1) is 56.0 Å². The van der Waals surface area contributed by atoms with Gasteiger partial charge in [-0.05, 0) is 119 Å². The zero-order valence-corrected chi connectivity index (χ0v) is 35.1. The Hall–Kier alpha value is -2.14. The van der Waals surface area contributed by atoms with Crippen LogP contribution in [0.4, 0.5) is 0 Å². The van der Waals surface area contributed by atoms with E-state index in [4.69, 9.17) is 10.5 Å². The summed E-state index contributed by atoms with van der Waals surface area (Å²) in [7, 11) is 1.65. The minimum absolute atomic E-state index is 0.0483. The number of aliphatic hydroxyl groups is 4. The minimum atomic E-state index is -1.10. The summed E-state index contributed by atoms with van der Waals surface area (Å²) in [6, 6.07) is 0.406. The number of piperidine rings is 2. The van der Waals surface area contributed by atoms with Gasteiger partial charge < -0.3 is 35.8 Å². The van der Waals surface area contributed by atoms with Crippen LogP contribution in [0.15, 0.2) is 16.6 Å². The lowest BCUT2D eigenvalue weighted by Gasteiger charge is -2.43. The van der Waals surface area contributed by atoms with Gasteiger partial charge in [-0.3, -0.25) is 15.3 Å². The molecule has 16 atom stereocenters. The number of nitrogens with two attached hydrogens (primary N) is 3. The van der Waals surface area contributed by atoms with E-state index in [0.29, 0.717) is 112 Å². The number of Topliss-reactive ketones (excluding diaryl/α,β-unsaturated/α-hetero) is 2. The predicted molar refractivity (Wildman–Crippen MR) is 221 cm³/mol. The molecule has 7 rings (SSSR count). The van der Waals surface area contributed by atoms with Crippen molar-refractivity contribution in [3.63, 3.8) is 0 Å². The van der Waals surface area contributed by atoms with Crippen molar-refractivity contribution in [1.29, 1.82) is 0 Å². The van der Waals surface area contributed by atoms with Gasteiger partial charge in [0, 0.05) is 63.1 Å². The summed E-state index contributed by atoms with van der Waals surface area (Å²) in [5.74, 6) is 10.3. The van der Waals surface area contributed by atoms with Crippen molar-refractivity contribution >= 4 is 17.8 Å². The molecule has 0 aromatic rings. The average molecular weight is 808 g/mol. The van der Waals surface area contributed by atoms with E-state index in [-0.39, 0.29) is 48.3 Å². The fourth-order valence-corrected chi connectivity index (χ4v) is 12.9. The van der Waals surface area contributed by atoms with Gasteiger partial charge in [0.25, 0.3) is 0 Å². The molecular weight excluding hydrogens is 733 g/mol. The molecule has 2 saturated heterocycles. The number of ether oxygens (including phenoxy) is 1. The molecule has 58 heavy (non-hydrogen) atoms. The second kappa shape index (κ2) is 20.2. The molecule has 322 valence electrons. The normalized spacial score (nSPS) is 41.5. The van der Waals surface area contributed by atoms with E-state index in [1.165, 1.54) is 5.57 Å². The molecule has 0 aromatic carbocycles. The largest absolute Gasteiger partial charge is 0.396 e. The van der Waals surface area contributed by atoms with Gasteiger partial charge in [0.15, 0.2) is 12.0 Å². The van der Waals surface area contributed by atoms with Gasteiger partial charge >= 0.3 is 0 Å². The van der Waals surface area contributed by atoms with Crippen molar-refractivity contribution in [3.05, 3.63) is 18.2 Å². The summed E-state index contributed by atoms with van der Waals surface area (Å²) in [5.41, 5.74) is 6.55. The number of fused-ring (bicyclic) bond motifs is 2. The van der Waals surface area contributed by atoms with Crippen molar-refractivity contribution in [3.8, 4) is 11.8 Å². The van der Waals surface area contributed by atoms with Crippen molar-refractivity contribution in [2.24, 2.45) is 69.4 Å². The van der Waals surface area contributed by atoms with E-state index in [1.807, 2.05) is 12.8 Å². The summed E-state index contributed by atoms with van der Waals surface area (Å²) in [4.78, 5) is 30.7. The Labute approximate surface area is 347 Å². The fraction of sp³-hybridized carbons (Fsp3) is 0.830. The van der Waals surface area contributed by atoms with Crippen LogP contribution in [0.5, 0.6) is 0 Å². The van der Waals surface area contributed by atoms with E-state index in [9.17, 15) is 30.0 Å². The molecule has 0 bridgehead atoms. The van der Waals surface area contributed by atoms with Gasteiger partial charge in [-0.1, -0.05) is 11.8 Å². The van der Waals surface area contributed by atoms with Gasteiger partial charge in [-0.25, -0.2) is 0 Å². The predicted octanol–water partition coefficient (Wildman–Crippen LogP) is 2.20. The number of aliphatic imine (C=N–C) groups is 1. The third-order valence-electron chi connectivity index (χ3n) is 16.5. The van der Waals surface area contributed by atoms with E-state index >= 15 is 0 Å². The van der Waals surface area contributed by atoms with Crippen molar-refractivity contribution < 1.29 is 45.4 Å². The highest BCUT2D eigenvalue weighted by Gasteiger charge is 2.50. The molecule has 3 aliphatic heterocycles. The number of rotatable bonds is 14. The number of carbonyl (C=O) groups is 2. The standard InChI is InChI=1S/C47H73N4O7/c1-58-43-22-34-5-9-44(56)47(14-10-29(20-45(47)57)18-33(13-17-52)37-21-35-4-8-39(54)24-41(35)50-27-37)15-11-31(40(34)25-42(43)55)2-6-38(53)7-3-32-23-46(48)51-28-36(32)19-30-12-16-49-26-30/h12,16,26,29,31-38,40-43,45-46,50-53,55,57H,2-10,13-14,17-25,27-28,48H2,1H3/q+1/p+2. The SMILES string of the molecule is COC1CC2CCC(=O)C3(C#CC(CCC(O)CCC4CC(N)[NH2+]CC4CC4=C[CH+]N=C4)C2CC1O)CCC(CC(CCO)C1C[NH2+]C2CC(=O)CCC2C1)CC3O. The van der Waals surface area contributed by atoms with E-state index in [2.05, 4.69) is 33.5 Å². The number of hydrogen-bond donors (Lipinski definition) is 7. The maximum Gasteiger partial charge on any atom is 0.176 e. The summed E-state index contributed by atoms with van der Waals surface area (Å²) < 4.78 is 5.72. The van der Waals surface area contributed by atoms with Crippen LogP contribution < -0.4 is 16.4 Å². The van der Waals surface area contributed by atoms with Crippen LogP contribution in [0.1, 0.15) is 122 Å². The highest BCUT2D eigenvalue weighted by molar-refractivity contribution is 5.89. The number of methoxy groups -OCH3 is 1. The van der Waals surface area contributed by atoms with Gasteiger partial charge in [0.2, 0.25) is 0 Å². The first-order valence-electron chi connectivity index (χ1n) is 23.3. The van der Waals surface area contributed by atoms with Crippen LogP contribution >= 0.6 is 0 Å². The Morgan fingerprint density at radius 1 is 1.00 bits per heavy atom. The summed E-state index contributed by atoms with van der Waals surface area (Å²) in [5, 5.41) is 49.4. The van der Waals surface area contributed by atoms with Crippen molar-refractivity contribution in [2.45, 2.75) is 159 Å². The van der Waals surface area contributed by atoms with Crippen LogP contribution in [0.3, 0.4) is 0 Å². The van der Waals surface area contributed by atoms with Crippen molar-refractivity contribution in [1.82, 2.24) is 0 Å². The molecule has 4 aliphatic carbocycles. The topological polar surface area (TPSA) is 196 Å². The molecule has 11 nitrogen and oxygen atoms in total. The molecule has 16 unspecified atom stereocenters. The minimum Gasteiger partial charge on any atom is -0.396 e. The second-order valence-corrected chi connectivity index (χ2v) is 20.0. The monoisotopic (exact) mass is 808 g/mol. The summed E-state index contributed by atoms with van der Waals surface area (Å²) in [6.07, 6.45) is 16.1. The first kappa shape index (κ1) is 43.9. The molecule has 3 saturated carbocycles. The summed E-state index contributed by atoms with van der Waals surface area (Å²) in [6.45, 7) is 3.97. The van der Waals surface area contributed by atoms with E-state index in [1.54, 1.807) is 7.11 Å². The second-order valence-electron chi connectivity index (χ2n) is 20.0. The molecule has 1 spiro atoms. The van der Waals surface area contributed by atoms with Gasteiger partial charge in [0.1, 0.15) is 29.5 Å². The smallest absolute Gasteiger partial charge is 0.176 e. The highest BCUT2D eigenvalue weighted by atomic mass is 16.5. The Morgan fingerprint density at radius 3 is 2.60 bits per heavy atom. The van der Waals surface area contributed by atoms with E-state index in [0.717, 1.165) is 64.5 Å². The number of hydrogen-bond acceptors (Lipinski definition) is 9. The Bertz CT molecular complexity index is 1530. The molecular formula is C47H75N4O7+3. The lowest BCUT2D eigenvalue weighted by molar-refractivity contribution is -0.712. The zero-order chi connectivity index (χ0) is 40.8. The molecule has 10 N–H and O–H groups in total. The third-order valence-corrected chi connectivity index (χ3v) is 16.5. The van der Waals surface area contributed by atoms with Crippen LogP contribution in [-0.2, 0) is 14.3 Å². The number of carbonyl (C=O) groups excluding carboxylic acids is 2. The number of nitrogens with zero attached hydrogens (tertiary/aromatic N) is 1. The quantitative estimate of drug-likeness (QED) is 0.103. The Balaban J connectivity index is 1.01. The zero-order valence-electron chi connectivity index (χ0n) is 35.1. The van der Waals surface area contributed by atoms with Crippen LogP contribution in [-0.4, -0.2) is 102 Å². The maximum absolute atomic E-state index is 14.3. The van der Waals surface area contributed by atoms with Crippen LogP contribution in [0.25, 0.3) is 0 Å². The summed E-state index contributed by atoms with van der Waals surface area (Å²) >= 11 is 0. The van der Waals surface area contributed by atoms with Crippen molar-refractivity contribution in [2.75, 3.05) is 26.8 Å². The Morgan fingerprint density at radius 2 is 1.83 bits per heavy atom. The van der Waals surface area contributed by atoms with Crippen LogP contribution in [0, 0.1) is 77.1 Å². The molecule has 0 aromatic heterocycles. The number of allylic oxidation sites excluding steroid dienone is 1. The number of aliphatic hydroxyl groups excluding tert-OH is 4. The fourth-order valence-electron chi connectivity index (χ4n) is 12.9. The highest BCUT2D eigenvalue weighted by Crippen LogP contribution is 2.48. The average Bonchev–Trinajstić information content (AvgIpc) is 3.74. The lowest BCUT2D eigenvalue weighted by atomic mass is 9.63. The molecule has 7 aliphatic rings. The molecule has 5 fully saturated rings. The third kappa shape index (κ3) is 10.5. The van der Waals surface area contributed by atoms with E-state index < -0.39 is 23.7 Å². The lowest BCUT2D eigenvalue weighted by Crippen LogP contribution is -2.96. The first-order valence-corrected chi connectivity index (χ1v) is 23.3. The Kier molecular flexibility index (Phi) is 15.3. The first-order chi connectivity index (χ1) is 28.0. The maximum atomic E-state index is 14.3. The van der Waals surface area contributed by atoms with Gasteiger partial charge in [-0.2, -0.15) is 0 Å². The van der Waals surface area contributed by atoms with Gasteiger partial charge in [-0.15, -0.1) is 4.99 Å². The number of ketones is 2. The molecule has 11 heteroatoms. The molecule has 0 radical (unpaired) electrons. The van der Waals surface area contributed by atoms with Crippen LogP contribution in [0.2, 0.25) is 0 Å². The molecule has 0 amide bonds. The molecule has 3 heterocycles.